The number of hydrogen-bond acceptors (Lipinski definition) is 4. The van der Waals surface area contributed by atoms with E-state index in [4.69, 9.17) is 4.74 Å². The number of nitrogens with one attached hydrogen (secondary N) is 1. The molecule has 0 aliphatic carbocycles. The van der Waals surface area contributed by atoms with E-state index in [9.17, 15) is 4.79 Å². The van der Waals surface area contributed by atoms with Crippen LogP contribution in [0.1, 0.15) is 16.7 Å². The van der Waals surface area contributed by atoms with Gasteiger partial charge in [0.25, 0.3) is 0 Å². The molecule has 0 aliphatic rings. The Balaban J connectivity index is 1.75. The van der Waals surface area contributed by atoms with E-state index in [1.807, 2.05) is 55.5 Å². The van der Waals surface area contributed by atoms with Gasteiger partial charge in [-0.15, -0.1) is 11.8 Å². The van der Waals surface area contributed by atoms with Gasteiger partial charge >= 0.3 is 0 Å². The Morgan fingerprint density at radius 3 is 2.78 bits per heavy atom. The van der Waals surface area contributed by atoms with Gasteiger partial charge < -0.3 is 4.74 Å². The van der Waals surface area contributed by atoms with Gasteiger partial charge in [0.1, 0.15) is 5.75 Å². The summed E-state index contributed by atoms with van der Waals surface area (Å²) in [7, 11) is 1.63. The van der Waals surface area contributed by atoms with Crippen LogP contribution in [0.25, 0.3) is 0 Å². The van der Waals surface area contributed by atoms with Gasteiger partial charge in [-0.05, 0) is 29.7 Å². The predicted molar refractivity (Wildman–Crippen MR) is 96.1 cm³/mol. The van der Waals surface area contributed by atoms with Gasteiger partial charge in [0.05, 0.1) is 19.1 Å². The lowest BCUT2D eigenvalue weighted by Gasteiger charge is -2.04. The average molecular weight is 328 g/mol. The van der Waals surface area contributed by atoms with Crippen LogP contribution in [0.2, 0.25) is 0 Å². The van der Waals surface area contributed by atoms with Gasteiger partial charge in [-0.25, -0.2) is 5.43 Å². The van der Waals surface area contributed by atoms with Crippen LogP contribution in [0, 0.1) is 6.92 Å². The molecule has 2 aromatic carbocycles. The van der Waals surface area contributed by atoms with Crippen molar-refractivity contribution in [3.8, 4) is 5.75 Å². The first-order valence-electron chi connectivity index (χ1n) is 7.27. The minimum atomic E-state index is -0.110. The zero-order valence-corrected chi connectivity index (χ0v) is 14.1. The molecule has 0 saturated carbocycles. The Morgan fingerprint density at radius 1 is 1.26 bits per heavy atom. The molecule has 0 spiro atoms. The highest BCUT2D eigenvalue weighted by atomic mass is 32.2. The first-order valence-corrected chi connectivity index (χ1v) is 8.42. The third-order valence-corrected chi connectivity index (χ3v) is 4.18. The number of hydrogen-bond donors (Lipinski definition) is 1. The summed E-state index contributed by atoms with van der Waals surface area (Å²) in [6.45, 7) is 1.98. The van der Waals surface area contributed by atoms with Gasteiger partial charge in [-0.1, -0.05) is 42.5 Å². The van der Waals surface area contributed by atoms with E-state index in [0.717, 1.165) is 22.6 Å². The Bertz CT molecular complexity index is 672. The van der Waals surface area contributed by atoms with Crippen LogP contribution >= 0.6 is 11.8 Å². The van der Waals surface area contributed by atoms with Gasteiger partial charge in [0.15, 0.2) is 0 Å². The van der Waals surface area contributed by atoms with Crippen molar-refractivity contribution in [1.82, 2.24) is 5.43 Å². The number of carbonyl (C=O) groups is 1. The minimum Gasteiger partial charge on any atom is -0.496 e. The van der Waals surface area contributed by atoms with Crippen molar-refractivity contribution in [2.45, 2.75) is 12.7 Å². The Labute approximate surface area is 140 Å². The molecule has 0 fully saturated rings. The van der Waals surface area contributed by atoms with Crippen LogP contribution in [0.4, 0.5) is 0 Å². The molecule has 2 aromatic rings. The molecule has 0 saturated heterocycles. The Hall–Kier alpha value is -2.27. The monoisotopic (exact) mass is 328 g/mol. The van der Waals surface area contributed by atoms with E-state index in [1.54, 1.807) is 25.1 Å². The molecule has 120 valence electrons. The number of thioether (sulfide) groups is 1. The molecule has 2 rings (SSSR count). The molecule has 5 heteroatoms. The molecular formula is C18H20N2O2S. The number of amides is 1. The second-order valence-electron chi connectivity index (χ2n) is 5.00. The van der Waals surface area contributed by atoms with Crippen LogP contribution in [0.5, 0.6) is 5.75 Å². The summed E-state index contributed by atoms with van der Waals surface area (Å²) in [5.74, 6) is 1.89. The fourth-order valence-electron chi connectivity index (χ4n) is 1.96. The third kappa shape index (κ3) is 5.79. The summed E-state index contributed by atoms with van der Waals surface area (Å²) in [5, 5.41) is 3.98. The van der Waals surface area contributed by atoms with E-state index in [1.165, 1.54) is 5.56 Å². The maximum absolute atomic E-state index is 11.7. The van der Waals surface area contributed by atoms with Crippen molar-refractivity contribution in [3.05, 3.63) is 65.2 Å². The van der Waals surface area contributed by atoms with Crippen molar-refractivity contribution in [3.63, 3.8) is 0 Å². The molecular weight excluding hydrogens is 308 g/mol. The van der Waals surface area contributed by atoms with Crippen molar-refractivity contribution in [2.75, 3.05) is 12.9 Å². The summed E-state index contributed by atoms with van der Waals surface area (Å²) in [6.07, 6.45) is 1.61. The highest BCUT2D eigenvalue weighted by Crippen LogP contribution is 2.17. The van der Waals surface area contributed by atoms with Crippen LogP contribution in [-0.2, 0) is 10.5 Å². The number of hydrazone groups is 1. The standard InChI is InChI=1S/C18H20N2O2S/c1-14-8-9-16(10-17(14)22-2)11-19-20-18(21)13-23-12-15-6-4-3-5-7-15/h3-11H,12-13H2,1-2H3,(H,20,21)/b19-11+. The summed E-state index contributed by atoms with van der Waals surface area (Å²) in [4.78, 5) is 11.7. The molecule has 0 unspecified atom stereocenters. The number of aryl methyl sites for hydroxylation is 1. The van der Waals surface area contributed by atoms with Gasteiger partial charge in [-0.2, -0.15) is 5.10 Å². The van der Waals surface area contributed by atoms with Gasteiger partial charge in [-0.3, -0.25) is 4.79 Å². The number of benzene rings is 2. The molecule has 1 amide bonds. The molecule has 0 aliphatic heterocycles. The summed E-state index contributed by atoms with van der Waals surface area (Å²) >= 11 is 1.56. The molecule has 0 aromatic heterocycles. The van der Waals surface area contributed by atoms with E-state index < -0.39 is 0 Å². The molecule has 0 radical (unpaired) electrons. The van der Waals surface area contributed by atoms with Crippen molar-refractivity contribution >= 4 is 23.9 Å². The fraction of sp³-hybridized carbons (Fsp3) is 0.222. The molecule has 0 atom stereocenters. The highest BCUT2D eigenvalue weighted by molar-refractivity contribution is 7.99. The maximum Gasteiger partial charge on any atom is 0.250 e. The largest absolute Gasteiger partial charge is 0.496 e. The van der Waals surface area contributed by atoms with Crippen LogP contribution in [-0.4, -0.2) is 25.0 Å². The number of carbonyl (C=O) groups excluding carboxylic acids is 1. The van der Waals surface area contributed by atoms with E-state index in [2.05, 4.69) is 10.5 Å². The molecule has 0 heterocycles. The normalized spacial score (nSPS) is 10.7. The lowest BCUT2D eigenvalue weighted by atomic mass is 10.1. The average Bonchev–Trinajstić information content (AvgIpc) is 2.57. The number of ether oxygens (including phenoxy) is 1. The number of methoxy groups -OCH3 is 1. The quantitative estimate of drug-likeness (QED) is 0.626. The minimum absolute atomic E-state index is 0.110. The lowest BCUT2D eigenvalue weighted by molar-refractivity contribution is -0.118. The summed E-state index contributed by atoms with van der Waals surface area (Å²) in [5.41, 5.74) is 5.69. The molecule has 1 N–H and O–H groups in total. The Morgan fingerprint density at radius 2 is 2.04 bits per heavy atom. The van der Waals surface area contributed by atoms with Crippen LogP contribution in [0.3, 0.4) is 0 Å². The smallest absolute Gasteiger partial charge is 0.250 e. The lowest BCUT2D eigenvalue weighted by Crippen LogP contribution is -2.19. The molecule has 4 nitrogen and oxygen atoms in total. The van der Waals surface area contributed by atoms with E-state index in [-0.39, 0.29) is 5.91 Å². The fourth-order valence-corrected chi connectivity index (χ4v) is 2.74. The van der Waals surface area contributed by atoms with E-state index in [0.29, 0.717) is 5.75 Å². The van der Waals surface area contributed by atoms with E-state index >= 15 is 0 Å². The maximum atomic E-state index is 11.7. The summed E-state index contributed by atoms with van der Waals surface area (Å²) < 4.78 is 5.26. The van der Waals surface area contributed by atoms with Crippen LogP contribution < -0.4 is 10.2 Å². The van der Waals surface area contributed by atoms with Crippen molar-refractivity contribution in [1.29, 1.82) is 0 Å². The first-order chi connectivity index (χ1) is 11.2. The second kappa shape index (κ2) is 9.00. The van der Waals surface area contributed by atoms with Crippen molar-refractivity contribution < 1.29 is 9.53 Å². The zero-order valence-electron chi connectivity index (χ0n) is 13.3. The summed E-state index contributed by atoms with van der Waals surface area (Å²) in [6, 6.07) is 15.8. The predicted octanol–water partition coefficient (Wildman–Crippen LogP) is 3.39. The van der Waals surface area contributed by atoms with Gasteiger partial charge in [0.2, 0.25) is 5.91 Å². The first kappa shape index (κ1) is 17.1. The zero-order chi connectivity index (χ0) is 16.5. The third-order valence-electron chi connectivity index (χ3n) is 3.18. The van der Waals surface area contributed by atoms with Crippen LogP contribution in [0.15, 0.2) is 53.6 Å². The topological polar surface area (TPSA) is 50.7 Å². The highest BCUT2D eigenvalue weighted by Gasteiger charge is 2.01. The second-order valence-corrected chi connectivity index (χ2v) is 5.99. The van der Waals surface area contributed by atoms with Crippen molar-refractivity contribution in [2.24, 2.45) is 5.10 Å². The van der Waals surface area contributed by atoms with Gasteiger partial charge in [0, 0.05) is 5.75 Å². The number of nitrogens with zero attached hydrogens (tertiary/aromatic N) is 1. The molecule has 0 bridgehead atoms. The molecule has 23 heavy (non-hydrogen) atoms. The number of rotatable bonds is 7. The SMILES string of the molecule is COc1cc(/C=N/NC(=O)CSCc2ccccc2)ccc1C. The Kier molecular flexibility index (Phi) is 6.69.